The lowest BCUT2D eigenvalue weighted by atomic mass is 10.1. The van der Waals surface area contributed by atoms with Gasteiger partial charge in [0, 0.05) is 0 Å². The molecule has 0 heterocycles. The number of benzene rings is 1. The molecule has 1 aromatic rings. The molecule has 0 aliphatic carbocycles. The zero-order valence-corrected chi connectivity index (χ0v) is 8.58. The van der Waals surface area contributed by atoms with Crippen molar-refractivity contribution in [2.24, 2.45) is 0 Å². The van der Waals surface area contributed by atoms with E-state index in [-0.39, 0.29) is 11.3 Å². The number of rotatable bonds is 3. The summed E-state index contributed by atoms with van der Waals surface area (Å²) in [6.45, 7) is 3.37. The molecule has 1 aromatic carbocycles. The summed E-state index contributed by atoms with van der Waals surface area (Å²) in [4.78, 5) is 10.7. The second-order valence-corrected chi connectivity index (χ2v) is 3.56. The second-order valence-electron chi connectivity index (χ2n) is 3.56. The summed E-state index contributed by atoms with van der Waals surface area (Å²) < 4.78 is 18.2. The number of hydrogen-bond donors (Lipinski definition) is 0. The lowest BCUT2D eigenvalue weighted by Gasteiger charge is -2.21. The molecule has 0 aliphatic heterocycles. The van der Waals surface area contributed by atoms with Gasteiger partial charge in [-0.05, 0) is 32.0 Å². The van der Waals surface area contributed by atoms with E-state index in [0.717, 1.165) is 6.07 Å². The zero-order chi connectivity index (χ0) is 11.5. The minimum Gasteiger partial charge on any atom is -0.474 e. The molecule has 0 saturated carbocycles. The van der Waals surface area contributed by atoms with Crippen molar-refractivity contribution in [1.29, 1.82) is 0 Å². The molecule has 2 nitrogen and oxygen atoms in total. The summed E-state index contributed by atoms with van der Waals surface area (Å²) in [5.41, 5.74) is -0.673. The van der Waals surface area contributed by atoms with Crippen LogP contribution >= 0.6 is 0 Å². The van der Waals surface area contributed by atoms with Crippen LogP contribution in [0.5, 0.6) is 5.75 Å². The minimum atomic E-state index is -0.824. The Morgan fingerprint density at radius 3 is 2.73 bits per heavy atom. The van der Waals surface area contributed by atoms with Crippen molar-refractivity contribution in [2.45, 2.75) is 19.4 Å². The number of halogens is 1. The molecule has 1 rings (SSSR count). The van der Waals surface area contributed by atoms with E-state index >= 15 is 0 Å². The molecule has 0 unspecified atom stereocenters. The van der Waals surface area contributed by atoms with Crippen LogP contribution in [0.2, 0.25) is 0 Å². The molecule has 0 bridgehead atoms. The van der Waals surface area contributed by atoms with Crippen LogP contribution in [0.25, 0.3) is 0 Å². The smallest absolute Gasteiger partial charge is 0.163 e. The molecule has 0 aliphatic rings. The van der Waals surface area contributed by atoms with Gasteiger partial charge in [-0.15, -0.1) is 6.42 Å². The van der Waals surface area contributed by atoms with Crippen molar-refractivity contribution in [3.8, 4) is 18.1 Å². The van der Waals surface area contributed by atoms with Crippen molar-refractivity contribution in [3.05, 3.63) is 29.6 Å². The van der Waals surface area contributed by atoms with Crippen molar-refractivity contribution in [3.63, 3.8) is 0 Å². The summed E-state index contributed by atoms with van der Waals surface area (Å²) in [6.07, 6.45) is 5.77. The van der Waals surface area contributed by atoms with E-state index in [1.807, 2.05) is 0 Å². The van der Waals surface area contributed by atoms with Gasteiger partial charge in [0.15, 0.2) is 11.9 Å². The van der Waals surface area contributed by atoms with Gasteiger partial charge in [-0.3, -0.25) is 4.79 Å². The molecule has 0 amide bonds. The van der Waals surface area contributed by atoms with Gasteiger partial charge in [0.2, 0.25) is 0 Å². The van der Waals surface area contributed by atoms with Crippen LogP contribution in [0.3, 0.4) is 0 Å². The van der Waals surface area contributed by atoms with Crippen LogP contribution in [-0.4, -0.2) is 11.9 Å². The van der Waals surface area contributed by atoms with E-state index in [1.54, 1.807) is 13.8 Å². The number of aldehydes is 1. The van der Waals surface area contributed by atoms with Gasteiger partial charge in [0.1, 0.15) is 11.6 Å². The van der Waals surface area contributed by atoms with Crippen molar-refractivity contribution < 1.29 is 13.9 Å². The van der Waals surface area contributed by atoms with Crippen molar-refractivity contribution >= 4 is 6.29 Å². The lowest BCUT2D eigenvalue weighted by Crippen LogP contribution is -2.26. The van der Waals surface area contributed by atoms with Gasteiger partial charge < -0.3 is 4.74 Å². The van der Waals surface area contributed by atoms with E-state index in [0.29, 0.717) is 6.29 Å². The van der Waals surface area contributed by atoms with Crippen molar-refractivity contribution in [2.75, 3.05) is 0 Å². The molecule has 0 atom stereocenters. The highest BCUT2D eigenvalue weighted by atomic mass is 19.1. The topological polar surface area (TPSA) is 26.3 Å². The minimum absolute atomic E-state index is 0.151. The van der Waals surface area contributed by atoms with Gasteiger partial charge in [0.25, 0.3) is 0 Å². The third-order valence-corrected chi connectivity index (χ3v) is 1.81. The van der Waals surface area contributed by atoms with Crippen molar-refractivity contribution in [1.82, 2.24) is 0 Å². The number of carbonyl (C=O) groups is 1. The maximum absolute atomic E-state index is 12.8. The Labute approximate surface area is 88.1 Å². The van der Waals surface area contributed by atoms with Gasteiger partial charge in [0.05, 0.1) is 5.56 Å². The Kier molecular flexibility index (Phi) is 3.11. The molecule has 0 saturated heterocycles. The third kappa shape index (κ3) is 2.81. The summed E-state index contributed by atoms with van der Waals surface area (Å²) in [6, 6.07) is 3.71. The maximum Gasteiger partial charge on any atom is 0.163 e. The summed E-state index contributed by atoms with van der Waals surface area (Å²) >= 11 is 0. The number of terminal acetylenes is 1. The molecule has 0 N–H and O–H groups in total. The summed E-state index contributed by atoms with van der Waals surface area (Å²) in [5, 5.41) is 0. The van der Waals surface area contributed by atoms with E-state index in [9.17, 15) is 9.18 Å². The Bertz CT molecular complexity index is 416. The predicted molar refractivity (Wildman–Crippen MR) is 55.3 cm³/mol. The molecule has 0 aromatic heterocycles. The Hall–Kier alpha value is -1.82. The number of carbonyl (C=O) groups excluding carboxylic acids is 1. The average molecular weight is 206 g/mol. The standard InChI is InChI=1S/C12H11FO2/c1-4-12(2,3)15-11-6-5-10(13)7-9(11)8-14/h1,5-8H,2-3H3. The predicted octanol–water partition coefficient (Wildman–Crippen LogP) is 2.43. The maximum atomic E-state index is 12.8. The molecule has 15 heavy (non-hydrogen) atoms. The highest BCUT2D eigenvalue weighted by Gasteiger charge is 2.17. The molecule has 0 fully saturated rings. The monoisotopic (exact) mass is 206 g/mol. The lowest BCUT2D eigenvalue weighted by molar-refractivity contribution is 0.111. The fraction of sp³-hybridized carbons (Fsp3) is 0.250. The van der Waals surface area contributed by atoms with Crippen LogP contribution in [0.4, 0.5) is 4.39 Å². The first-order valence-corrected chi connectivity index (χ1v) is 4.40. The highest BCUT2D eigenvalue weighted by Crippen LogP contribution is 2.22. The number of hydrogen-bond acceptors (Lipinski definition) is 2. The second kappa shape index (κ2) is 4.14. The van der Waals surface area contributed by atoms with E-state index in [4.69, 9.17) is 11.2 Å². The van der Waals surface area contributed by atoms with Crippen LogP contribution in [0.15, 0.2) is 18.2 Å². The fourth-order valence-corrected chi connectivity index (χ4v) is 1.01. The highest BCUT2D eigenvalue weighted by molar-refractivity contribution is 5.79. The zero-order valence-electron chi connectivity index (χ0n) is 8.58. The normalized spacial score (nSPS) is 10.5. The molecular weight excluding hydrogens is 195 g/mol. The van der Waals surface area contributed by atoms with Crippen LogP contribution in [0, 0.1) is 18.2 Å². The Morgan fingerprint density at radius 2 is 2.20 bits per heavy atom. The Balaban J connectivity index is 3.06. The molecule has 3 heteroatoms. The summed E-state index contributed by atoms with van der Waals surface area (Å²) in [7, 11) is 0. The van der Waals surface area contributed by atoms with Crippen LogP contribution in [-0.2, 0) is 0 Å². The quantitative estimate of drug-likeness (QED) is 0.560. The average Bonchev–Trinajstić information content (AvgIpc) is 2.20. The number of ether oxygens (including phenoxy) is 1. The first-order chi connectivity index (χ1) is 6.98. The molecule has 0 radical (unpaired) electrons. The fourth-order valence-electron chi connectivity index (χ4n) is 1.01. The first-order valence-electron chi connectivity index (χ1n) is 4.40. The van der Waals surface area contributed by atoms with Crippen LogP contribution in [0.1, 0.15) is 24.2 Å². The summed E-state index contributed by atoms with van der Waals surface area (Å²) in [5.74, 6) is 2.23. The Morgan fingerprint density at radius 1 is 1.53 bits per heavy atom. The molecule has 78 valence electrons. The van der Waals surface area contributed by atoms with Gasteiger partial charge in [-0.25, -0.2) is 4.39 Å². The van der Waals surface area contributed by atoms with E-state index < -0.39 is 11.4 Å². The van der Waals surface area contributed by atoms with Gasteiger partial charge in [-0.1, -0.05) is 5.92 Å². The van der Waals surface area contributed by atoms with Crippen LogP contribution < -0.4 is 4.74 Å². The SMILES string of the molecule is C#CC(C)(C)Oc1ccc(F)cc1C=O. The molecule has 0 spiro atoms. The van der Waals surface area contributed by atoms with E-state index in [2.05, 4.69) is 5.92 Å². The van der Waals surface area contributed by atoms with Gasteiger partial charge >= 0.3 is 0 Å². The third-order valence-electron chi connectivity index (χ3n) is 1.81. The van der Waals surface area contributed by atoms with Gasteiger partial charge in [-0.2, -0.15) is 0 Å². The van der Waals surface area contributed by atoms with E-state index in [1.165, 1.54) is 12.1 Å². The molecular formula is C12H11FO2. The largest absolute Gasteiger partial charge is 0.474 e. The first kappa shape index (κ1) is 11.3.